The Labute approximate surface area is 215 Å². The van der Waals surface area contributed by atoms with Crippen LogP contribution in [0.4, 0.5) is 0 Å². The maximum Gasteiger partial charge on any atom is 0.338 e. The van der Waals surface area contributed by atoms with Gasteiger partial charge < -0.3 is 13.9 Å². The van der Waals surface area contributed by atoms with Crippen LogP contribution in [0.5, 0.6) is 5.75 Å². The summed E-state index contributed by atoms with van der Waals surface area (Å²) in [6.45, 7) is 8.21. The maximum atomic E-state index is 12.8. The molecule has 2 aromatic carbocycles. The van der Waals surface area contributed by atoms with Crippen LogP contribution in [-0.2, 0) is 19.2 Å². The Morgan fingerprint density at radius 1 is 1.19 bits per heavy atom. The highest BCUT2D eigenvalue weighted by Gasteiger charge is 2.34. The summed E-state index contributed by atoms with van der Waals surface area (Å²) >= 11 is 0. The zero-order chi connectivity index (χ0) is 26.6. The lowest BCUT2D eigenvalue weighted by Crippen LogP contribution is -2.32. The number of hydroxylamine groups is 2. The number of carbonyl (C=O) groups excluding carboxylic acids is 2. The highest BCUT2D eigenvalue weighted by molar-refractivity contribution is 6.21. The van der Waals surface area contributed by atoms with Gasteiger partial charge in [-0.3, -0.25) is 4.84 Å². The highest BCUT2D eigenvalue weighted by atomic mass is 16.7. The average Bonchev–Trinajstić information content (AvgIpc) is 3.44. The molecular weight excluding hydrogens is 472 g/mol. The summed E-state index contributed by atoms with van der Waals surface area (Å²) < 4.78 is 17.2. The lowest BCUT2D eigenvalue weighted by molar-refractivity contribution is -0.198. The first-order valence-corrected chi connectivity index (χ1v) is 12.0. The molecule has 0 aliphatic carbocycles. The summed E-state index contributed by atoms with van der Waals surface area (Å²) in [4.78, 5) is 30.2. The largest absolute Gasteiger partial charge is 0.483 e. The summed E-state index contributed by atoms with van der Waals surface area (Å²) in [5.74, 6) is 2.46. The number of ether oxygens (including phenoxy) is 2. The molecule has 3 aromatic rings. The Morgan fingerprint density at radius 3 is 2.59 bits per heavy atom. The summed E-state index contributed by atoms with van der Waals surface area (Å²) in [5.41, 5.74) is 1.92. The van der Waals surface area contributed by atoms with Crippen molar-refractivity contribution in [2.45, 2.75) is 45.8 Å². The molecule has 1 fully saturated rings. The first-order valence-electron chi connectivity index (χ1n) is 12.0. The summed E-state index contributed by atoms with van der Waals surface area (Å²) in [6, 6.07) is 16.0. The van der Waals surface area contributed by atoms with Crippen LogP contribution >= 0.6 is 0 Å². The van der Waals surface area contributed by atoms with E-state index in [0.29, 0.717) is 52.5 Å². The summed E-state index contributed by atoms with van der Waals surface area (Å²) in [7, 11) is 0. The van der Waals surface area contributed by atoms with Gasteiger partial charge in [-0.15, -0.1) is 0 Å². The van der Waals surface area contributed by atoms with E-state index in [1.807, 2.05) is 26.7 Å². The molecule has 1 saturated heterocycles. The van der Waals surface area contributed by atoms with Crippen LogP contribution in [0.2, 0.25) is 0 Å². The van der Waals surface area contributed by atoms with Gasteiger partial charge >= 0.3 is 5.97 Å². The molecule has 1 aromatic heterocycles. The third kappa shape index (κ3) is 6.10. The number of furan rings is 1. The monoisotopic (exact) mass is 500 g/mol. The number of hydrogen-bond acceptors (Lipinski definition) is 8. The minimum absolute atomic E-state index is 0.221. The van der Waals surface area contributed by atoms with E-state index < -0.39 is 17.7 Å². The Hall–Kier alpha value is -4.31. The van der Waals surface area contributed by atoms with E-state index in [2.05, 4.69) is 6.07 Å². The van der Waals surface area contributed by atoms with Crippen molar-refractivity contribution in [2.24, 2.45) is 0 Å². The molecule has 0 amide bonds. The van der Waals surface area contributed by atoms with Crippen molar-refractivity contribution in [3.63, 3.8) is 0 Å². The second-order valence-electron chi connectivity index (χ2n) is 9.50. The van der Waals surface area contributed by atoms with Gasteiger partial charge in [-0.1, -0.05) is 12.1 Å². The minimum atomic E-state index is -0.494. The lowest BCUT2D eigenvalue weighted by Gasteiger charge is -2.27. The zero-order valence-electron chi connectivity index (χ0n) is 21.2. The predicted octanol–water partition coefficient (Wildman–Crippen LogP) is 5.31. The Kier molecular flexibility index (Phi) is 7.49. The maximum absolute atomic E-state index is 12.8. The van der Waals surface area contributed by atoms with Crippen LogP contribution < -0.4 is 4.74 Å². The topological polar surface area (TPSA) is 102 Å². The smallest absolute Gasteiger partial charge is 0.338 e. The molecule has 8 heteroatoms. The first kappa shape index (κ1) is 25.8. The van der Waals surface area contributed by atoms with E-state index in [9.17, 15) is 9.59 Å². The minimum Gasteiger partial charge on any atom is -0.483 e. The molecule has 0 bridgehead atoms. The van der Waals surface area contributed by atoms with Gasteiger partial charge in [-0.05, 0) is 75.7 Å². The standard InChI is InChI=1S/C29H28N2O6/c1-5-34-28(33)24(16-23-15-21-14-19(17-30)6-11-26(21)36-23)20-7-9-22(10-8-20)35-27-12-13-31(25(27)18-32)37-29(2,3)4/h6-11,14-16,27H,5,12-13H2,1-4H3/t27-/m0/s1. The van der Waals surface area contributed by atoms with Crippen molar-refractivity contribution >= 4 is 34.5 Å². The molecule has 1 atom stereocenters. The van der Waals surface area contributed by atoms with E-state index in [1.54, 1.807) is 66.6 Å². The normalized spacial score (nSPS) is 16.0. The van der Waals surface area contributed by atoms with Crippen molar-refractivity contribution in [1.29, 1.82) is 5.26 Å². The molecule has 2 heterocycles. The van der Waals surface area contributed by atoms with Gasteiger partial charge in [0.25, 0.3) is 0 Å². The van der Waals surface area contributed by atoms with Crippen molar-refractivity contribution < 1.29 is 28.3 Å². The van der Waals surface area contributed by atoms with Gasteiger partial charge in [0.05, 0.1) is 36.0 Å². The molecule has 8 nitrogen and oxygen atoms in total. The first-order chi connectivity index (χ1) is 17.7. The van der Waals surface area contributed by atoms with E-state index >= 15 is 0 Å². The summed E-state index contributed by atoms with van der Waals surface area (Å²) in [6.07, 6.45) is 1.71. The number of esters is 1. The highest BCUT2D eigenvalue weighted by Crippen LogP contribution is 2.30. The van der Waals surface area contributed by atoms with Crippen LogP contribution in [0.3, 0.4) is 0 Å². The molecule has 0 radical (unpaired) electrons. The third-order valence-electron chi connectivity index (χ3n) is 5.55. The summed E-state index contributed by atoms with van der Waals surface area (Å²) in [5, 5.41) is 11.4. The second kappa shape index (κ2) is 10.8. The quantitative estimate of drug-likeness (QED) is 0.244. The Morgan fingerprint density at radius 2 is 1.95 bits per heavy atom. The van der Waals surface area contributed by atoms with Crippen LogP contribution in [0, 0.1) is 11.3 Å². The van der Waals surface area contributed by atoms with E-state index in [0.717, 1.165) is 5.39 Å². The Bertz CT molecular complexity index is 1420. The molecule has 0 unspecified atom stereocenters. The molecule has 190 valence electrons. The van der Waals surface area contributed by atoms with Gasteiger partial charge in [0.1, 0.15) is 17.1 Å². The molecular formula is C29H28N2O6. The fourth-order valence-corrected chi connectivity index (χ4v) is 4.00. The second-order valence-corrected chi connectivity index (χ2v) is 9.50. The van der Waals surface area contributed by atoms with Gasteiger partial charge in [-0.25, -0.2) is 14.7 Å². The van der Waals surface area contributed by atoms with Crippen molar-refractivity contribution in [3.8, 4) is 11.8 Å². The van der Waals surface area contributed by atoms with Crippen LogP contribution in [-0.4, -0.2) is 41.8 Å². The number of nitrogens with zero attached hydrogens (tertiary/aromatic N) is 2. The third-order valence-corrected chi connectivity index (χ3v) is 5.55. The van der Waals surface area contributed by atoms with Crippen molar-refractivity contribution in [3.05, 3.63) is 71.1 Å². The van der Waals surface area contributed by atoms with Crippen molar-refractivity contribution in [1.82, 2.24) is 5.06 Å². The molecule has 1 aliphatic heterocycles. The van der Waals surface area contributed by atoms with Gasteiger partial charge in [0, 0.05) is 11.8 Å². The van der Waals surface area contributed by atoms with E-state index in [4.69, 9.17) is 24.0 Å². The number of fused-ring (bicyclic) bond motifs is 1. The van der Waals surface area contributed by atoms with Gasteiger partial charge in [-0.2, -0.15) is 5.26 Å². The molecule has 4 rings (SSSR count). The predicted molar refractivity (Wildman–Crippen MR) is 138 cm³/mol. The molecule has 0 N–H and O–H groups in total. The molecule has 37 heavy (non-hydrogen) atoms. The van der Waals surface area contributed by atoms with E-state index in [1.165, 1.54) is 0 Å². The SMILES string of the molecule is CCOC(=O)C(=Cc1cc2cc(C#N)ccc2o1)c1ccc(O[C@H]2CCN(OC(C)(C)C)C2=C=O)cc1. The fourth-order valence-electron chi connectivity index (χ4n) is 4.00. The molecule has 0 spiro atoms. The van der Waals surface area contributed by atoms with Crippen molar-refractivity contribution in [2.75, 3.05) is 13.2 Å². The van der Waals surface area contributed by atoms with Crippen LogP contribution in [0.15, 0.2) is 58.6 Å². The number of hydrogen-bond donors (Lipinski definition) is 0. The number of benzene rings is 2. The zero-order valence-corrected chi connectivity index (χ0v) is 21.2. The van der Waals surface area contributed by atoms with Gasteiger partial charge in [0.15, 0.2) is 17.7 Å². The lowest BCUT2D eigenvalue weighted by atomic mass is 10.0. The molecule has 0 saturated carbocycles. The number of nitriles is 1. The Balaban J connectivity index is 1.57. The van der Waals surface area contributed by atoms with Crippen LogP contribution in [0.25, 0.3) is 22.6 Å². The average molecular weight is 501 g/mol. The molecule has 1 aliphatic rings. The van der Waals surface area contributed by atoms with E-state index in [-0.39, 0.29) is 6.61 Å². The number of rotatable bonds is 7. The van der Waals surface area contributed by atoms with Crippen LogP contribution in [0.1, 0.15) is 51.0 Å². The fraction of sp³-hybridized carbons (Fsp3) is 0.310. The van der Waals surface area contributed by atoms with Gasteiger partial charge in [0.2, 0.25) is 0 Å². The number of carbonyl (C=O) groups is 1.